The normalized spacial score (nSPS) is 27.8. The summed E-state index contributed by atoms with van der Waals surface area (Å²) in [5.41, 5.74) is 0.604. The lowest BCUT2D eigenvalue weighted by atomic mass is 10.00. The summed E-state index contributed by atoms with van der Waals surface area (Å²) in [4.78, 5) is 14.3. The molecule has 2 aliphatic heterocycles. The van der Waals surface area contributed by atoms with Crippen molar-refractivity contribution in [3.8, 4) is 5.75 Å². The number of benzene rings is 1. The second-order valence-corrected chi connectivity index (χ2v) is 6.57. The molecule has 1 aromatic rings. The SMILES string of the molecule is C[C@@H]1[C@@H]2C[C@@H](c3ccccc3O2)N1C(=O)OC(C)(C)C. The number of amides is 1. The zero-order chi connectivity index (χ0) is 14.5. The number of likely N-dealkylation sites (tertiary alicyclic amines) is 1. The van der Waals surface area contributed by atoms with Gasteiger partial charge in [-0.2, -0.15) is 0 Å². The third kappa shape index (κ3) is 2.13. The molecule has 0 unspecified atom stereocenters. The predicted octanol–water partition coefficient (Wildman–Crippen LogP) is 3.52. The number of carbonyl (C=O) groups is 1. The summed E-state index contributed by atoms with van der Waals surface area (Å²) in [6, 6.07) is 8.05. The Morgan fingerprint density at radius 1 is 1.35 bits per heavy atom. The summed E-state index contributed by atoms with van der Waals surface area (Å²) in [5, 5.41) is 0. The van der Waals surface area contributed by atoms with Crippen molar-refractivity contribution in [2.24, 2.45) is 0 Å². The zero-order valence-electron chi connectivity index (χ0n) is 12.4. The van der Waals surface area contributed by atoms with E-state index >= 15 is 0 Å². The average molecular weight is 275 g/mol. The van der Waals surface area contributed by atoms with E-state index in [1.807, 2.05) is 56.9 Å². The van der Waals surface area contributed by atoms with E-state index in [1.54, 1.807) is 0 Å². The molecule has 3 rings (SSSR count). The van der Waals surface area contributed by atoms with E-state index in [0.717, 1.165) is 17.7 Å². The van der Waals surface area contributed by atoms with Crippen LogP contribution < -0.4 is 4.74 Å². The summed E-state index contributed by atoms with van der Waals surface area (Å²) < 4.78 is 11.5. The minimum absolute atomic E-state index is 0.0299. The maximum absolute atomic E-state index is 12.5. The molecule has 4 heteroatoms. The first kappa shape index (κ1) is 13.3. The highest BCUT2D eigenvalue weighted by Gasteiger charge is 2.48. The maximum atomic E-state index is 12.5. The Morgan fingerprint density at radius 2 is 2.05 bits per heavy atom. The lowest BCUT2D eigenvalue weighted by molar-refractivity contribution is 0.0141. The van der Waals surface area contributed by atoms with Crippen molar-refractivity contribution in [1.82, 2.24) is 4.90 Å². The van der Waals surface area contributed by atoms with Gasteiger partial charge in [-0.1, -0.05) is 18.2 Å². The van der Waals surface area contributed by atoms with Crippen LogP contribution in [0.1, 0.15) is 45.7 Å². The number of hydrogen-bond acceptors (Lipinski definition) is 3. The van der Waals surface area contributed by atoms with Gasteiger partial charge in [0.1, 0.15) is 17.5 Å². The van der Waals surface area contributed by atoms with E-state index in [9.17, 15) is 4.79 Å². The molecule has 3 atom stereocenters. The van der Waals surface area contributed by atoms with Crippen LogP contribution in [0, 0.1) is 0 Å². The van der Waals surface area contributed by atoms with Crippen molar-refractivity contribution in [1.29, 1.82) is 0 Å². The molecule has 0 spiro atoms. The molecule has 0 saturated carbocycles. The smallest absolute Gasteiger partial charge is 0.411 e. The monoisotopic (exact) mass is 275 g/mol. The first-order valence-corrected chi connectivity index (χ1v) is 7.14. The minimum atomic E-state index is -0.478. The number of nitrogens with zero attached hydrogens (tertiary/aromatic N) is 1. The Balaban J connectivity index is 1.92. The Labute approximate surface area is 119 Å². The molecule has 0 radical (unpaired) electrons. The summed E-state index contributed by atoms with van der Waals surface area (Å²) in [6.45, 7) is 7.70. The van der Waals surface area contributed by atoms with Crippen LogP contribution in [0.25, 0.3) is 0 Å². The average Bonchev–Trinajstić information content (AvgIpc) is 2.61. The first-order valence-electron chi connectivity index (χ1n) is 7.14. The van der Waals surface area contributed by atoms with Crippen LogP contribution in [-0.4, -0.2) is 28.7 Å². The fourth-order valence-electron chi connectivity index (χ4n) is 3.05. The zero-order valence-corrected chi connectivity index (χ0v) is 12.4. The second-order valence-electron chi connectivity index (χ2n) is 6.57. The molecule has 2 bridgehead atoms. The number of hydrogen-bond donors (Lipinski definition) is 0. The fourth-order valence-corrected chi connectivity index (χ4v) is 3.05. The van der Waals surface area contributed by atoms with Gasteiger partial charge in [-0.25, -0.2) is 4.79 Å². The third-order valence-electron chi connectivity index (χ3n) is 3.93. The molecule has 108 valence electrons. The molecule has 1 aromatic carbocycles. The van der Waals surface area contributed by atoms with E-state index in [-0.39, 0.29) is 24.3 Å². The van der Waals surface area contributed by atoms with Crippen LogP contribution in [0.15, 0.2) is 24.3 Å². The van der Waals surface area contributed by atoms with Gasteiger partial charge in [0.05, 0.1) is 12.1 Å². The van der Waals surface area contributed by atoms with Crippen LogP contribution in [0.5, 0.6) is 5.75 Å². The quantitative estimate of drug-likeness (QED) is 0.727. The van der Waals surface area contributed by atoms with E-state index < -0.39 is 5.60 Å². The topological polar surface area (TPSA) is 38.8 Å². The summed E-state index contributed by atoms with van der Waals surface area (Å²) in [7, 11) is 0. The second kappa shape index (κ2) is 4.40. The van der Waals surface area contributed by atoms with Crippen molar-refractivity contribution in [2.75, 3.05) is 0 Å². The molecule has 2 heterocycles. The van der Waals surface area contributed by atoms with Crippen molar-refractivity contribution in [3.63, 3.8) is 0 Å². The third-order valence-corrected chi connectivity index (χ3v) is 3.93. The van der Waals surface area contributed by atoms with Gasteiger partial charge in [0.25, 0.3) is 0 Å². The number of para-hydroxylation sites is 1. The Morgan fingerprint density at radius 3 is 2.75 bits per heavy atom. The van der Waals surface area contributed by atoms with Crippen LogP contribution in [0.2, 0.25) is 0 Å². The number of fused-ring (bicyclic) bond motifs is 4. The largest absolute Gasteiger partial charge is 0.488 e. The molecule has 1 fully saturated rings. The van der Waals surface area contributed by atoms with Crippen molar-refractivity contribution in [2.45, 2.75) is 57.9 Å². The molecular weight excluding hydrogens is 254 g/mol. The highest BCUT2D eigenvalue weighted by Crippen LogP contribution is 2.46. The molecule has 1 amide bonds. The Bertz CT molecular complexity index is 535. The van der Waals surface area contributed by atoms with Crippen LogP contribution in [0.4, 0.5) is 4.79 Å². The molecule has 4 nitrogen and oxygen atoms in total. The summed E-state index contributed by atoms with van der Waals surface area (Å²) in [6.07, 6.45) is 0.650. The van der Waals surface area contributed by atoms with Crippen molar-refractivity contribution < 1.29 is 14.3 Å². The van der Waals surface area contributed by atoms with Gasteiger partial charge in [0.15, 0.2) is 0 Å². The predicted molar refractivity (Wildman–Crippen MR) is 75.8 cm³/mol. The molecule has 1 saturated heterocycles. The maximum Gasteiger partial charge on any atom is 0.411 e. The van der Waals surface area contributed by atoms with Gasteiger partial charge >= 0.3 is 6.09 Å². The van der Waals surface area contributed by atoms with E-state index in [1.165, 1.54) is 0 Å². The van der Waals surface area contributed by atoms with E-state index in [2.05, 4.69) is 0 Å². The minimum Gasteiger partial charge on any atom is -0.488 e. The summed E-state index contributed by atoms with van der Waals surface area (Å²) in [5.74, 6) is 0.895. The highest BCUT2D eigenvalue weighted by atomic mass is 16.6. The molecule has 0 aliphatic carbocycles. The van der Waals surface area contributed by atoms with Gasteiger partial charge in [0, 0.05) is 12.0 Å². The van der Waals surface area contributed by atoms with Gasteiger partial charge in [-0.3, -0.25) is 4.90 Å². The van der Waals surface area contributed by atoms with Crippen LogP contribution >= 0.6 is 0 Å². The van der Waals surface area contributed by atoms with Crippen LogP contribution in [-0.2, 0) is 4.74 Å². The van der Waals surface area contributed by atoms with Crippen molar-refractivity contribution in [3.05, 3.63) is 29.8 Å². The lowest BCUT2D eigenvalue weighted by Crippen LogP contribution is -2.41. The Hall–Kier alpha value is -1.71. The first-order chi connectivity index (χ1) is 9.37. The van der Waals surface area contributed by atoms with E-state index in [0.29, 0.717) is 0 Å². The fraction of sp³-hybridized carbons (Fsp3) is 0.562. The van der Waals surface area contributed by atoms with Gasteiger partial charge in [-0.15, -0.1) is 0 Å². The number of carbonyl (C=O) groups excluding carboxylic acids is 1. The molecule has 20 heavy (non-hydrogen) atoms. The highest BCUT2D eigenvalue weighted by molar-refractivity contribution is 5.70. The molecule has 0 N–H and O–H groups in total. The summed E-state index contributed by atoms with van der Waals surface area (Å²) >= 11 is 0. The van der Waals surface area contributed by atoms with Crippen LogP contribution in [0.3, 0.4) is 0 Å². The lowest BCUT2D eigenvalue weighted by Gasteiger charge is -2.30. The molecule has 0 aromatic heterocycles. The van der Waals surface area contributed by atoms with Gasteiger partial charge < -0.3 is 9.47 Å². The van der Waals surface area contributed by atoms with Gasteiger partial charge in [0.2, 0.25) is 0 Å². The number of ether oxygens (including phenoxy) is 2. The number of rotatable bonds is 0. The van der Waals surface area contributed by atoms with E-state index in [4.69, 9.17) is 9.47 Å². The van der Waals surface area contributed by atoms with Crippen molar-refractivity contribution >= 4 is 6.09 Å². The van der Waals surface area contributed by atoms with Gasteiger partial charge in [-0.05, 0) is 33.8 Å². The molecular formula is C16H21NO3. The standard InChI is InChI=1S/C16H21NO3/c1-10-14-9-12(11-7-5-6-8-13(11)19-14)17(10)15(18)20-16(2,3)4/h5-8,10,12,14H,9H2,1-4H3/t10-,12+,14+/m1/s1. The Kier molecular flexibility index (Phi) is 2.92. The molecule has 2 aliphatic rings.